The van der Waals surface area contributed by atoms with Crippen LogP contribution in [0, 0.1) is 13.8 Å². The summed E-state index contributed by atoms with van der Waals surface area (Å²) in [6, 6.07) is 17.1. The van der Waals surface area contributed by atoms with Crippen molar-refractivity contribution in [2.24, 2.45) is 0 Å². The summed E-state index contributed by atoms with van der Waals surface area (Å²) < 4.78 is 0. The highest BCUT2D eigenvalue weighted by atomic mass is 32.2. The van der Waals surface area contributed by atoms with Gasteiger partial charge >= 0.3 is 0 Å². The van der Waals surface area contributed by atoms with E-state index < -0.39 is 0 Å². The average molecular weight is 307 g/mol. The molecule has 0 unspecified atom stereocenters. The minimum Gasteiger partial charge on any atom is -0.130 e. The summed E-state index contributed by atoms with van der Waals surface area (Å²) in [7, 11) is 0. The predicted octanol–water partition coefficient (Wildman–Crippen LogP) is 6.46. The lowest BCUT2D eigenvalue weighted by Gasteiger charge is -1.94. The Morgan fingerprint density at radius 1 is 0.550 bits per heavy atom. The van der Waals surface area contributed by atoms with Crippen LogP contribution in [0.25, 0.3) is 0 Å². The average Bonchev–Trinajstić information content (AvgIpc) is 2.51. The molecule has 2 rings (SSSR count). The second-order valence-electron chi connectivity index (χ2n) is 4.03. The molecular weight excluding hydrogens is 280 g/mol. The largest absolute Gasteiger partial charge is 0.130 e. The second kappa shape index (κ2) is 11.9. The number of hydrogen-bond donors (Lipinski definition) is 0. The van der Waals surface area contributed by atoms with Gasteiger partial charge in [0.2, 0.25) is 0 Å². The highest BCUT2D eigenvalue weighted by molar-refractivity contribution is 7.98. The van der Waals surface area contributed by atoms with Crippen molar-refractivity contribution < 1.29 is 0 Å². The summed E-state index contributed by atoms with van der Waals surface area (Å²) >= 11 is 3.56. The van der Waals surface area contributed by atoms with E-state index in [1.165, 1.54) is 20.9 Å². The summed E-state index contributed by atoms with van der Waals surface area (Å²) in [6.45, 7) is 8.20. The molecule has 0 aliphatic carbocycles. The van der Waals surface area contributed by atoms with Crippen LogP contribution in [-0.4, -0.2) is 12.5 Å². The summed E-state index contributed by atoms with van der Waals surface area (Å²) in [5, 5.41) is 0. The van der Waals surface area contributed by atoms with Crippen molar-refractivity contribution in [2.45, 2.75) is 37.5 Å². The molecule has 0 heterocycles. The van der Waals surface area contributed by atoms with Gasteiger partial charge in [-0.1, -0.05) is 49.2 Å². The topological polar surface area (TPSA) is 0 Å². The Kier molecular flexibility index (Phi) is 11.4. The molecule has 0 spiro atoms. The standard InChI is InChI=1S/2C8H10S.C2H6/c2*1-7-3-5-8(9-2)6-4-7;1-2/h2*3-6H,1-2H3;1-2H3. The molecule has 0 fully saturated rings. The van der Waals surface area contributed by atoms with Crippen molar-refractivity contribution in [1.29, 1.82) is 0 Å². The quantitative estimate of drug-likeness (QED) is 0.584. The minimum absolute atomic E-state index is 1.33. The maximum Gasteiger partial charge on any atom is 0.00693 e. The van der Waals surface area contributed by atoms with Crippen molar-refractivity contribution in [2.75, 3.05) is 12.5 Å². The molecule has 0 saturated heterocycles. The number of rotatable bonds is 2. The van der Waals surface area contributed by atoms with Crippen molar-refractivity contribution in [1.82, 2.24) is 0 Å². The molecule has 0 nitrogen and oxygen atoms in total. The minimum atomic E-state index is 1.33. The van der Waals surface area contributed by atoms with Crippen molar-refractivity contribution in [3.63, 3.8) is 0 Å². The molecule has 0 bridgehead atoms. The molecule has 0 aliphatic rings. The Morgan fingerprint density at radius 2 is 0.800 bits per heavy atom. The smallest absolute Gasteiger partial charge is 0.00693 e. The maximum absolute atomic E-state index is 2.14. The first kappa shape index (κ1) is 19.1. The van der Waals surface area contributed by atoms with E-state index in [1.54, 1.807) is 23.5 Å². The highest BCUT2D eigenvalue weighted by Gasteiger charge is 1.86. The van der Waals surface area contributed by atoms with E-state index in [-0.39, 0.29) is 0 Å². The molecule has 0 radical (unpaired) electrons. The molecule has 2 aromatic carbocycles. The number of thioether (sulfide) groups is 2. The third-order valence-electron chi connectivity index (χ3n) is 2.51. The van der Waals surface area contributed by atoms with Gasteiger partial charge in [-0.3, -0.25) is 0 Å². The molecule has 0 aliphatic heterocycles. The van der Waals surface area contributed by atoms with Gasteiger partial charge < -0.3 is 0 Å². The fourth-order valence-electron chi connectivity index (χ4n) is 1.35. The third kappa shape index (κ3) is 8.34. The van der Waals surface area contributed by atoms with Crippen LogP contribution in [0.5, 0.6) is 0 Å². The third-order valence-corrected chi connectivity index (χ3v) is 4.00. The van der Waals surface area contributed by atoms with E-state index in [9.17, 15) is 0 Å². The molecular formula is C18H26S2. The first-order valence-corrected chi connectivity index (χ1v) is 9.32. The lowest BCUT2D eigenvalue weighted by Crippen LogP contribution is -1.70. The van der Waals surface area contributed by atoms with Gasteiger partial charge in [-0.05, 0) is 50.6 Å². The zero-order chi connectivity index (χ0) is 15.4. The van der Waals surface area contributed by atoms with Gasteiger partial charge in [-0.25, -0.2) is 0 Å². The van der Waals surface area contributed by atoms with Gasteiger partial charge in [0, 0.05) is 9.79 Å². The molecule has 0 atom stereocenters. The Hall–Kier alpha value is -0.860. The first-order valence-electron chi connectivity index (χ1n) is 6.87. The van der Waals surface area contributed by atoms with E-state index >= 15 is 0 Å². The van der Waals surface area contributed by atoms with Crippen LogP contribution >= 0.6 is 23.5 Å². The maximum atomic E-state index is 2.14. The Bertz CT molecular complexity index is 398. The van der Waals surface area contributed by atoms with Gasteiger partial charge in [-0.2, -0.15) is 0 Å². The molecule has 0 aromatic heterocycles. The van der Waals surface area contributed by atoms with Gasteiger partial charge in [0.15, 0.2) is 0 Å². The van der Waals surface area contributed by atoms with Crippen LogP contribution in [0.1, 0.15) is 25.0 Å². The zero-order valence-electron chi connectivity index (χ0n) is 13.4. The van der Waals surface area contributed by atoms with E-state index in [0.29, 0.717) is 0 Å². The summed E-state index contributed by atoms with van der Waals surface area (Å²) in [6.07, 6.45) is 4.18. The first-order chi connectivity index (χ1) is 9.65. The van der Waals surface area contributed by atoms with Gasteiger partial charge in [0.25, 0.3) is 0 Å². The van der Waals surface area contributed by atoms with Gasteiger partial charge in [0.1, 0.15) is 0 Å². The highest BCUT2D eigenvalue weighted by Crippen LogP contribution is 2.14. The van der Waals surface area contributed by atoms with Crippen LogP contribution < -0.4 is 0 Å². The summed E-state index contributed by atoms with van der Waals surface area (Å²) in [5.74, 6) is 0. The van der Waals surface area contributed by atoms with E-state index in [1.807, 2.05) is 13.8 Å². The molecule has 2 heteroatoms. The van der Waals surface area contributed by atoms with Crippen LogP contribution in [0.3, 0.4) is 0 Å². The van der Waals surface area contributed by atoms with Crippen molar-refractivity contribution >= 4 is 23.5 Å². The molecule has 0 amide bonds. The second-order valence-corrected chi connectivity index (χ2v) is 5.79. The van der Waals surface area contributed by atoms with Crippen LogP contribution in [0.4, 0.5) is 0 Å². The zero-order valence-corrected chi connectivity index (χ0v) is 15.1. The van der Waals surface area contributed by atoms with Crippen LogP contribution in [-0.2, 0) is 0 Å². The summed E-state index contributed by atoms with van der Waals surface area (Å²) in [4.78, 5) is 2.67. The summed E-state index contributed by atoms with van der Waals surface area (Å²) in [5.41, 5.74) is 2.65. The van der Waals surface area contributed by atoms with Crippen molar-refractivity contribution in [3.05, 3.63) is 59.7 Å². The number of aryl methyl sites for hydroxylation is 2. The Labute approximate surface area is 133 Å². The van der Waals surface area contributed by atoms with Gasteiger partial charge in [-0.15, -0.1) is 23.5 Å². The Morgan fingerprint density at radius 3 is 1.00 bits per heavy atom. The fourth-order valence-corrected chi connectivity index (χ4v) is 2.17. The lowest BCUT2D eigenvalue weighted by atomic mass is 10.2. The van der Waals surface area contributed by atoms with E-state index in [0.717, 1.165) is 0 Å². The molecule has 20 heavy (non-hydrogen) atoms. The molecule has 0 N–H and O–H groups in total. The predicted molar refractivity (Wildman–Crippen MR) is 97.3 cm³/mol. The normalized spacial score (nSPS) is 8.90. The van der Waals surface area contributed by atoms with Gasteiger partial charge in [0.05, 0.1) is 0 Å². The lowest BCUT2D eigenvalue weighted by molar-refractivity contribution is 1.38. The number of hydrogen-bond acceptors (Lipinski definition) is 2. The van der Waals surface area contributed by atoms with Crippen molar-refractivity contribution in [3.8, 4) is 0 Å². The molecule has 2 aromatic rings. The van der Waals surface area contributed by atoms with E-state index in [4.69, 9.17) is 0 Å². The number of benzene rings is 2. The molecule has 0 saturated carbocycles. The van der Waals surface area contributed by atoms with Crippen LogP contribution in [0.15, 0.2) is 58.3 Å². The SMILES string of the molecule is CC.CSc1ccc(C)cc1.CSc1ccc(C)cc1. The monoisotopic (exact) mass is 306 g/mol. The van der Waals surface area contributed by atoms with E-state index in [2.05, 4.69) is 74.9 Å². The Balaban J connectivity index is 0.000000321. The van der Waals surface area contributed by atoms with Crippen LogP contribution in [0.2, 0.25) is 0 Å². The molecule has 110 valence electrons. The fraction of sp³-hybridized carbons (Fsp3) is 0.333.